The molecule has 1 saturated carbocycles. The zero-order valence-electron chi connectivity index (χ0n) is 10.8. The van der Waals surface area contributed by atoms with Gasteiger partial charge in [0.15, 0.2) is 0 Å². The normalized spacial score (nSPS) is 30.9. The van der Waals surface area contributed by atoms with Gasteiger partial charge in [-0.05, 0) is 40.0 Å². The lowest BCUT2D eigenvalue weighted by Gasteiger charge is -2.32. The third-order valence-electron chi connectivity index (χ3n) is 3.30. The molecule has 2 N–H and O–H groups in total. The molecule has 0 aromatic rings. The van der Waals surface area contributed by atoms with Crippen molar-refractivity contribution in [1.82, 2.24) is 10.6 Å². The molecule has 2 bridgehead atoms. The van der Waals surface area contributed by atoms with Gasteiger partial charge in [-0.25, -0.2) is 4.79 Å². The fraction of sp³-hybridized carbons (Fsp3) is 0.750. The minimum atomic E-state index is -0.971. The van der Waals surface area contributed by atoms with Crippen LogP contribution in [0, 0.1) is 5.92 Å². The van der Waals surface area contributed by atoms with Crippen LogP contribution < -0.4 is 10.6 Å². The lowest BCUT2D eigenvalue weighted by molar-refractivity contribution is -0.139. The number of hydrogen-bond acceptors (Lipinski definition) is 4. The lowest BCUT2D eigenvalue weighted by atomic mass is 9.91. The Morgan fingerprint density at radius 2 is 2.11 bits per heavy atom. The van der Waals surface area contributed by atoms with Gasteiger partial charge in [-0.1, -0.05) is 0 Å². The fourth-order valence-electron chi connectivity index (χ4n) is 2.48. The summed E-state index contributed by atoms with van der Waals surface area (Å²) in [6.45, 7) is 5.27. The Balaban J connectivity index is 2.07. The smallest absolute Gasteiger partial charge is 0.408 e. The van der Waals surface area contributed by atoms with Gasteiger partial charge >= 0.3 is 6.09 Å². The van der Waals surface area contributed by atoms with Crippen LogP contribution in [0.2, 0.25) is 0 Å². The van der Waals surface area contributed by atoms with E-state index < -0.39 is 23.1 Å². The molecule has 18 heavy (non-hydrogen) atoms. The van der Waals surface area contributed by atoms with Gasteiger partial charge in [-0.15, -0.1) is 0 Å². The van der Waals surface area contributed by atoms with E-state index in [0.717, 1.165) is 0 Å². The fourth-order valence-corrected chi connectivity index (χ4v) is 2.48. The highest BCUT2D eigenvalue weighted by molar-refractivity contribution is 6.05. The number of amides is 3. The average molecular weight is 254 g/mol. The number of ether oxygens (including phenoxy) is 1. The van der Waals surface area contributed by atoms with E-state index in [4.69, 9.17) is 4.74 Å². The Labute approximate surface area is 105 Å². The summed E-state index contributed by atoms with van der Waals surface area (Å²) < 4.78 is 5.15. The number of alkyl carbamates (subject to hydrolysis) is 1. The molecule has 1 aliphatic heterocycles. The average Bonchev–Trinajstić information content (AvgIpc) is 2.55. The van der Waals surface area contributed by atoms with Gasteiger partial charge < -0.3 is 10.1 Å². The molecule has 0 aromatic heterocycles. The number of carbonyl (C=O) groups is 3. The second-order valence-corrected chi connectivity index (χ2v) is 5.97. The molecule has 0 aromatic carbocycles. The Kier molecular flexibility index (Phi) is 2.83. The molecule has 6 nitrogen and oxygen atoms in total. The minimum absolute atomic E-state index is 0.183. The molecular weight excluding hydrogens is 236 g/mol. The van der Waals surface area contributed by atoms with Crippen molar-refractivity contribution in [1.29, 1.82) is 0 Å². The number of rotatable bonds is 1. The lowest BCUT2D eigenvalue weighted by Crippen LogP contribution is -2.62. The molecule has 2 rings (SSSR count). The van der Waals surface area contributed by atoms with Crippen LogP contribution in [0.4, 0.5) is 4.79 Å². The van der Waals surface area contributed by atoms with Gasteiger partial charge in [-0.2, -0.15) is 0 Å². The Morgan fingerprint density at radius 3 is 2.72 bits per heavy atom. The van der Waals surface area contributed by atoms with E-state index in [1.54, 1.807) is 20.8 Å². The molecule has 1 aliphatic carbocycles. The van der Waals surface area contributed by atoms with Crippen LogP contribution in [0.3, 0.4) is 0 Å². The highest BCUT2D eigenvalue weighted by Crippen LogP contribution is 2.38. The molecule has 1 heterocycles. The summed E-state index contributed by atoms with van der Waals surface area (Å²) in [5.74, 6) is -0.844. The molecule has 2 fully saturated rings. The van der Waals surface area contributed by atoms with Gasteiger partial charge in [0.25, 0.3) is 5.91 Å². The maximum atomic E-state index is 11.9. The molecule has 0 radical (unpaired) electrons. The molecule has 2 atom stereocenters. The maximum Gasteiger partial charge on any atom is 0.408 e. The van der Waals surface area contributed by atoms with Crippen molar-refractivity contribution in [3.63, 3.8) is 0 Å². The maximum absolute atomic E-state index is 11.9. The van der Waals surface area contributed by atoms with Crippen LogP contribution in [0.25, 0.3) is 0 Å². The van der Waals surface area contributed by atoms with Crippen LogP contribution in [0.1, 0.15) is 40.0 Å². The second kappa shape index (κ2) is 3.96. The van der Waals surface area contributed by atoms with Crippen molar-refractivity contribution >= 4 is 17.9 Å². The van der Waals surface area contributed by atoms with Crippen molar-refractivity contribution < 1.29 is 19.1 Å². The van der Waals surface area contributed by atoms with Crippen LogP contribution in [-0.4, -0.2) is 29.0 Å². The number of carbonyl (C=O) groups excluding carboxylic acids is 3. The summed E-state index contributed by atoms with van der Waals surface area (Å²) in [7, 11) is 0. The van der Waals surface area contributed by atoms with E-state index in [9.17, 15) is 14.4 Å². The molecule has 100 valence electrons. The number of imide groups is 1. The van der Waals surface area contributed by atoms with Crippen molar-refractivity contribution in [2.75, 3.05) is 0 Å². The third-order valence-corrected chi connectivity index (χ3v) is 3.30. The van der Waals surface area contributed by atoms with Gasteiger partial charge in [0.1, 0.15) is 11.1 Å². The molecule has 0 spiro atoms. The van der Waals surface area contributed by atoms with E-state index in [0.29, 0.717) is 19.3 Å². The Morgan fingerprint density at radius 1 is 1.44 bits per heavy atom. The molecule has 3 amide bonds. The molecular formula is C12H18N2O4. The summed E-state index contributed by atoms with van der Waals surface area (Å²) in [5.41, 5.74) is -1.58. The second-order valence-electron chi connectivity index (χ2n) is 5.97. The number of fused-ring (bicyclic) bond motifs is 2. The van der Waals surface area contributed by atoms with Crippen molar-refractivity contribution in [3.05, 3.63) is 0 Å². The highest BCUT2D eigenvalue weighted by Gasteiger charge is 2.53. The summed E-state index contributed by atoms with van der Waals surface area (Å²) in [6.07, 6.45) is 0.853. The predicted octanol–water partition coefficient (Wildman–Crippen LogP) is 0.706. The standard InChI is InChI=1S/C12H18N2O4/c1-11(2,3)18-10(17)14-12-5-4-7(6-12)8(15)13-9(12)16/h7H,4-6H2,1-3H3,(H,14,17)(H,13,15,16). The zero-order valence-corrected chi connectivity index (χ0v) is 10.8. The van der Waals surface area contributed by atoms with Crippen LogP contribution in [0.15, 0.2) is 0 Å². The first-order valence-electron chi connectivity index (χ1n) is 6.08. The quantitative estimate of drug-likeness (QED) is 0.675. The van der Waals surface area contributed by atoms with E-state index in [-0.39, 0.29) is 11.8 Å². The monoisotopic (exact) mass is 254 g/mol. The number of piperidine rings is 1. The largest absolute Gasteiger partial charge is 0.444 e. The zero-order chi connectivity index (χ0) is 13.6. The van der Waals surface area contributed by atoms with Crippen molar-refractivity contribution in [2.45, 2.75) is 51.2 Å². The van der Waals surface area contributed by atoms with E-state index in [1.165, 1.54) is 0 Å². The summed E-state index contributed by atoms with van der Waals surface area (Å²) in [6, 6.07) is 0. The molecule has 6 heteroatoms. The van der Waals surface area contributed by atoms with Crippen LogP contribution >= 0.6 is 0 Å². The van der Waals surface area contributed by atoms with Crippen molar-refractivity contribution in [3.8, 4) is 0 Å². The summed E-state index contributed by atoms with van der Waals surface area (Å²) in [5, 5.41) is 4.93. The number of nitrogens with one attached hydrogen (secondary N) is 2. The van der Waals surface area contributed by atoms with Crippen LogP contribution in [0.5, 0.6) is 0 Å². The first-order valence-corrected chi connectivity index (χ1v) is 6.08. The predicted molar refractivity (Wildman–Crippen MR) is 62.6 cm³/mol. The van der Waals surface area contributed by atoms with Crippen molar-refractivity contribution in [2.24, 2.45) is 5.92 Å². The Hall–Kier alpha value is -1.59. The van der Waals surface area contributed by atoms with Crippen LogP contribution in [-0.2, 0) is 14.3 Å². The Bertz CT molecular complexity index is 413. The van der Waals surface area contributed by atoms with E-state index in [2.05, 4.69) is 10.6 Å². The van der Waals surface area contributed by atoms with Gasteiger partial charge in [0, 0.05) is 5.92 Å². The molecule has 2 unspecified atom stereocenters. The first kappa shape index (κ1) is 12.9. The van der Waals surface area contributed by atoms with Gasteiger partial charge in [0.2, 0.25) is 5.91 Å². The van der Waals surface area contributed by atoms with E-state index >= 15 is 0 Å². The number of hydrogen-bond donors (Lipinski definition) is 2. The first-order chi connectivity index (χ1) is 8.22. The van der Waals surface area contributed by atoms with Gasteiger partial charge in [-0.3, -0.25) is 14.9 Å². The highest BCUT2D eigenvalue weighted by atomic mass is 16.6. The third kappa shape index (κ3) is 2.32. The summed E-state index contributed by atoms with van der Waals surface area (Å²) in [4.78, 5) is 35.1. The van der Waals surface area contributed by atoms with E-state index in [1.807, 2.05) is 0 Å². The minimum Gasteiger partial charge on any atom is -0.444 e. The SMILES string of the molecule is CC(C)(C)OC(=O)NC12CCC(C1)C(=O)NC2=O. The molecule has 2 aliphatic rings. The molecule has 1 saturated heterocycles. The summed E-state index contributed by atoms with van der Waals surface area (Å²) >= 11 is 0. The van der Waals surface area contributed by atoms with Gasteiger partial charge in [0.05, 0.1) is 0 Å². The topological polar surface area (TPSA) is 84.5 Å².